The van der Waals surface area contributed by atoms with Crippen molar-refractivity contribution in [3.8, 4) is 5.75 Å². The monoisotopic (exact) mass is 347 g/mol. The van der Waals surface area contributed by atoms with Gasteiger partial charge < -0.3 is 4.74 Å². The number of aryl methyl sites for hydroxylation is 2. The maximum absolute atomic E-state index is 12.4. The summed E-state index contributed by atoms with van der Waals surface area (Å²) in [5.74, 6) is 1.18. The number of nitrogens with one attached hydrogen (secondary N) is 1. The first-order valence-corrected chi connectivity index (χ1v) is 9.57. The lowest BCUT2D eigenvalue weighted by Gasteiger charge is -2.12. The van der Waals surface area contributed by atoms with Crippen LogP contribution in [0, 0.1) is 13.8 Å². The first-order valence-electron chi connectivity index (χ1n) is 8.09. The molecule has 2 rings (SSSR count). The Balaban J connectivity index is 1.94. The Bertz CT molecular complexity index is 798. The Kier molecular flexibility index (Phi) is 6.02. The van der Waals surface area contributed by atoms with Gasteiger partial charge in [-0.05, 0) is 54.7 Å². The van der Waals surface area contributed by atoms with Gasteiger partial charge in [-0.15, -0.1) is 0 Å². The second kappa shape index (κ2) is 7.81. The maximum atomic E-state index is 12.4. The fourth-order valence-corrected chi connectivity index (χ4v) is 3.72. The quantitative estimate of drug-likeness (QED) is 0.776. The van der Waals surface area contributed by atoms with Crippen LogP contribution in [-0.4, -0.2) is 21.6 Å². The Morgan fingerprint density at radius 3 is 2.54 bits per heavy atom. The van der Waals surface area contributed by atoms with E-state index in [-0.39, 0.29) is 13.2 Å². The van der Waals surface area contributed by atoms with E-state index in [1.54, 1.807) is 13.0 Å². The van der Waals surface area contributed by atoms with Crippen molar-refractivity contribution in [3.05, 3.63) is 59.2 Å². The molecule has 0 saturated heterocycles. The van der Waals surface area contributed by atoms with Crippen LogP contribution in [0.3, 0.4) is 0 Å². The molecule has 0 amide bonds. The van der Waals surface area contributed by atoms with Crippen molar-refractivity contribution in [2.45, 2.75) is 38.5 Å². The van der Waals surface area contributed by atoms with Crippen molar-refractivity contribution in [2.24, 2.45) is 0 Å². The van der Waals surface area contributed by atoms with Gasteiger partial charge in [-0.1, -0.05) is 38.1 Å². The molecule has 0 bridgehead atoms. The van der Waals surface area contributed by atoms with Gasteiger partial charge in [-0.25, -0.2) is 13.1 Å². The van der Waals surface area contributed by atoms with E-state index >= 15 is 0 Å². The minimum Gasteiger partial charge on any atom is -0.492 e. The number of sulfonamides is 1. The van der Waals surface area contributed by atoms with Crippen LogP contribution in [0.5, 0.6) is 5.75 Å². The van der Waals surface area contributed by atoms with Crippen molar-refractivity contribution in [1.29, 1.82) is 0 Å². The summed E-state index contributed by atoms with van der Waals surface area (Å²) in [5, 5.41) is 0. The van der Waals surface area contributed by atoms with Gasteiger partial charge in [0.15, 0.2) is 0 Å². The third-order valence-electron chi connectivity index (χ3n) is 3.82. The summed E-state index contributed by atoms with van der Waals surface area (Å²) in [5.41, 5.74) is 2.85. The maximum Gasteiger partial charge on any atom is 0.240 e. The lowest BCUT2D eigenvalue weighted by Crippen LogP contribution is -2.28. The number of rotatable bonds is 7. The average molecular weight is 347 g/mol. The van der Waals surface area contributed by atoms with Crippen LogP contribution in [0.4, 0.5) is 0 Å². The van der Waals surface area contributed by atoms with Gasteiger partial charge in [0.05, 0.1) is 4.90 Å². The number of hydrogen-bond acceptors (Lipinski definition) is 3. The van der Waals surface area contributed by atoms with Crippen LogP contribution in [0.25, 0.3) is 0 Å². The van der Waals surface area contributed by atoms with Gasteiger partial charge in [-0.3, -0.25) is 0 Å². The molecule has 0 spiro atoms. The number of ether oxygens (including phenoxy) is 1. The number of benzene rings is 2. The third-order valence-corrected chi connectivity index (χ3v) is 5.42. The summed E-state index contributed by atoms with van der Waals surface area (Å²) in [4.78, 5) is 0.323. The van der Waals surface area contributed by atoms with Crippen molar-refractivity contribution >= 4 is 10.0 Å². The fraction of sp³-hybridized carbons (Fsp3) is 0.368. The van der Waals surface area contributed by atoms with Crippen LogP contribution < -0.4 is 9.46 Å². The van der Waals surface area contributed by atoms with E-state index in [1.807, 2.05) is 37.3 Å². The lowest BCUT2D eigenvalue weighted by molar-refractivity contribution is 0.322. The van der Waals surface area contributed by atoms with E-state index in [4.69, 9.17) is 4.74 Å². The molecular formula is C19H25NO3S. The third kappa shape index (κ3) is 4.82. The molecule has 0 aliphatic carbocycles. The largest absolute Gasteiger partial charge is 0.492 e. The molecular weight excluding hydrogens is 322 g/mol. The molecule has 130 valence electrons. The predicted octanol–water partition coefficient (Wildman–Crippen LogP) is 3.78. The zero-order valence-corrected chi connectivity index (χ0v) is 15.5. The molecule has 0 radical (unpaired) electrons. The molecule has 0 atom stereocenters. The summed E-state index contributed by atoms with van der Waals surface area (Å²) in [6.45, 7) is 8.42. The molecule has 5 heteroatoms. The lowest BCUT2D eigenvalue weighted by atomic mass is 10.0. The van der Waals surface area contributed by atoms with Gasteiger partial charge in [0.1, 0.15) is 12.4 Å². The van der Waals surface area contributed by atoms with E-state index in [0.29, 0.717) is 10.8 Å². The van der Waals surface area contributed by atoms with Crippen molar-refractivity contribution in [2.75, 3.05) is 13.2 Å². The topological polar surface area (TPSA) is 55.4 Å². The van der Waals surface area contributed by atoms with Crippen LogP contribution >= 0.6 is 0 Å². The Labute approximate surface area is 144 Å². The highest BCUT2D eigenvalue weighted by atomic mass is 32.2. The molecule has 4 nitrogen and oxygen atoms in total. The van der Waals surface area contributed by atoms with Gasteiger partial charge in [0.2, 0.25) is 10.0 Å². The van der Waals surface area contributed by atoms with Gasteiger partial charge in [-0.2, -0.15) is 0 Å². The van der Waals surface area contributed by atoms with Crippen molar-refractivity contribution in [1.82, 2.24) is 4.72 Å². The normalized spacial score (nSPS) is 11.7. The van der Waals surface area contributed by atoms with Crippen LogP contribution in [0.2, 0.25) is 0 Å². The highest BCUT2D eigenvalue weighted by Gasteiger charge is 2.16. The second-order valence-corrected chi connectivity index (χ2v) is 7.98. The standard InChI is InChI=1S/C19H25NO3S/c1-14(2)17-6-5-7-18(13-17)23-11-10-20-24(21,22)19-12-15(3)8-9-16(19)4/h5-9,12-14,20H,10-11H2,1-4H3. The molecule has 0 aliphatic heterocycles. The highest BCUT2D eigenvalue weighted by molar-refractivity contribution is 7.89. The number of hydrogen-bond donors (Lipinski definition) is 1. The fourth-order valence-electron chi connectivity index (χ4n) is 2.38. The SMILES string of the molecule is Cc1ccc(C)c(S(=O)(=O)NCCOc2cccc(C(C)C)c2)c1. The molecule has 0 saturated carbocycles. The summed E-state index contributed by atoms with van der Waals surface area (Å²) in [6.07, 6.45) is 0. The van der Waals surface area contributed by atoms with Crippen LogP contribution in [0.15, 0.2) is 47.4 Å². The molecule has 0 fully saturated rings. The molecule has 1 N–H and O–H groups in total. The first kappa shape index (κ1) is 18.5. The van der Waals surface area contributed by atoms with Crippen LogP contribution in [0.1, 0.15) is 36.5 Å². The Hall–Kier alpha value is -1.85. The van der Waals surface area contributed by atoms with Crippen LogP contribution in [-0.2, 0) is 10.0 Å². The molecule has 2 aromatic carbocycles. The van der Waals surface area contributed by atoms with E-state index in [2.05, 4.69) is 24.6 Å². The van der Waals surface area contributed by atoms with Gasteiger partial charge in [0, 0.05) is 6.54 Å². The zero-order valence-electron chi connectivity index (χ0n) is 14.7. The summed E-state index contributed by atoms with van der Waals surface area (Å²) >= 11 is 0. The van der Waals surface area contributed by atoms with E-state index in [9.17, 15) is 8.42 Å². The molecule has 0 aliphatic rings. The predicted molar refractivity (Wildman–Crippen MR) is 97.1 cm³/mol. The molecule has 0 heterocycles. The molecule has 24 heavy (non-hydrogen) atoms. The Morgan fingerprint density at radius 2 is 1.83 bits per heavy atom. The highest BCUT2D eigenvalue weighted by Crippen LogP contribution is 2.20. The summed E-state index contributed by atoms with van der Waals surface area (Å²) in [7, 11) is -3.52. The molecule has 2 aromatic rings. The van der Waals surface area contributed by atoms with E-state index < -0.39 is 10.0 Å². The van der Waals surface area contributed by atoms with E-state index in [1.165, 1.54) is 5.56 Å². The van der Waals surface area contributed by atoms with Crippen molar-refractivity contribution < 1.29 is 13.2 Å². The Morgan fingerprint density at radius 1 is 1.08 bits per heavy atom. The van der Waals surface area contributed by atoms with E-state index in [0.717, 1.165) is 16.9 Å². The summed E-state index contributed by atoms with van der Waals surface area (Å²) < 4.78 is 33.0. The minimum absolute atomic E-state index is 0.224. The minimum atomic E-state index is -3.52. The average Bonchev–Trinajstić information content (AvgIpc) is 2.54. The van der Waals surface area contributed by atoms with Gasteiger partial charge >= 0.3 is 0 Å². The summed E-state index contributed by atoms with van der Waals surface area (Å²) in [6, 6.07) is 13.3. The molecule has 0 unspecified atom stereocenters. The zero-order chi connectivity index (χ0) is 17.7. The molecule has 0 aromatic heterocycles. The first-order chi connectivity index (χ1) is 11.3. The second-order valence-electron chi connectivity index (χ2n) is 6.24. The van der Waals surface area contributed by atoms with Crippen molar-refractivity contribution in [3.63, 3.8) is 0 Å². The smallest absolute Gasteiger partial charge is 0.240 e. The van der Waals surface area contributed by atoms with Gasteiger partial charge in [0.25, 0.3) is 0 Å².